The van der Waals surface area contributed by atoms with Crippen molar-refractivity contribution < 1.29 is 18.0 Å². The zero-order chi connectivity index (χ0) is 24.0. The van der Waals surface area contributed by atoms with Crippen LogP contribution in [0.1, 0.15) is 56.5 Å². The third-order valence-corrected chi connectivity index (χ3v) is 9.98. The highest BCUT2D eigenvalue weighted by Crippen LogP contribution is 2.32. The Morgan fingerprint density at radius 1 is 1.00 bits per heavy atom. The van der Waals surface area contributed by atoms with Crippen LogP contribution in [0.2, 0.25) is 0 Å². The molecule has 34 heavy (non-hydrogen) atoms. The molecule has 2 aliphatic rings. The molecule has 0 saturated carbocycles. The molecule has 1 fully saturated rings. The molecule has 3 heterocycles. The molecule has 2 aromatic heterocycles. The predicted octanol–water partition coefficient (Wildman–Crippen LogP) is 3.83. The van der Waals surface area contributed by atoms with E-state index in [2.05, 4.69) is 4.98 Å². The van der Waals surface area contributed by atoms with Crippen molar-refractivity contribution in [3.8, 4) is 0 Å². The van der Waals surface area contributed by atoms with Gasteiger partial charge in [-0.15, -0.1) is 11.3 Å². The van der Waals surface area contributed by atoms with Gasteiger partial charge < -0.3 is 4.90 Å². The average molecular weight is 498 g/mol. The molecule has 5 rings (SSSR count). The number of ketones is 1. The molecular formula is C25H27N3O4S2. The molecule has 178 valence electrons. The smallest absolute Gasteiger partial charge is 0.264 e. The van der Waals surface area contributed by atoms with Crippen LogP contribution in [0.3, 0.4) is 0 Å². The van der Waals surface area contributed by atoms with Crippen LogP contribution >= 0.6 is 11.3 Å². The number of nitrogens with zero attached hydrogens (tertiary/aromatic N) is 3. The minimum Gasteiger partial charge on any atom is -0.335 e. The van der Waals surface area contributed by atoms with E-state index >= 15 is 0 Å². The van der Waals surface area contributed by atoms with Gasteiger partial charge in [0.15, 0.2) is 5.78 Å². The first-order valence-electron chi connectivity index (χ1n) is 11.6. The van der Waals surface area contributed by atoms with Gasteiger partial charge in [-0.25, -0.2) is 13.4 Å². The Balaban J connectivity index is 1.32. The van der Waals surface area contributed by atoms with Crippen molar-refractivity contribution in [3.05, 3.63) is 57.6 Å². The standard InChI is InChI=1S/C25H27N3O4S2/c1-16-22-14-20(17(2)29)15-26-24(22)33-23(16)25(30)27-9-11-28(12-10-27)34(31,32)21-8-7-18-5-3-4-6-19(18)13-21/h7-8,13-15H,3-6,9-12H2,1-2H3. The van der Waals surface area contributed by atoms with Crippen molar-refractivity contribution in [2.75, 3.05) is 26.2 Å². The zero-order valence-electron chi connectivity index (χ0n) is 19.3. The molecule has 0 N–H and O–H groups in total. The SMILES string of the molecule is CC(=O)c1cnc2sc(C(=O)N3CCN(S(=O)(=O)c4ccc5c(c4)CCCC5)CC3)c(C)c2c1. The van der Waals surface area contributed by atoms with E-state index in [4.69, 9.17) is 0 Å². The Kier molecular flexibility index (Phi) is 6.03. The van der Waals surface area contributed by atoms with Crippen LogP contribution in [-0.2, 0) is 22.9 Å². The van der Waals surface area contributed by atoms with Crippen molar-refractivity contribution in [3.63, 3.8) is 0 Å². The number of hydrogen-bond donors (Lipinski definition) is 0. The highest BCUT2D eigenvalue weighted by Gasteiger charge is 2.32. The van der Waals surface area contributed by atoms with Gasteiger partial charge in [-0.2, -0.15) is 4.31 Å². The lowest BCUT2D eigenvalue weighted by atomic mass is 9.92. The second kappa shape index (κ2) is 8.87. The summed E-state index contributed by atoms with van der Waals surface area (Å²) in [6.07, 6.45) is 5.74. The van der Waals surface area contributed by atoms with E-state index in [-0.39, 0.29) is 24.8 Å². The molecule has 1 saturated heterocycles. The quantitative estimate of drug-likeness (QED) is 0.511. The van der Waals surface area contributed by atoms with Crippen LogP contribution in [0, 0.1) is 6.92 Å². The Morgan fingerprint density at radius 3 is 2.41 bits per heavy atom. The summed E-state index contributed by atoms with van der Waals surface area (Å²) in [4.78, 5) is 32.7. The number of fused-ring (bicyclic) bond motifs is 2. The largest absolute Gasteiger partial charge is 0.335 e. The minimum atomic E-state index is -3.59. The van der Waals surface area contributed by atoms with Crippen molar-refractivity contribution in [1.82, 2.24) is 14.2 Å². The Labute approximate surface area is 203 Å². The summed E-state index contributed by atoms with van der Waals surface area (Å²) in [5, 5.41) is 0.815. The summed E-state index contributed by atoms with van der Waals surface area (Å²) in [6.45, 7) is 4.57. The number of Topliss-reactive ketones (excluding diaryl/α,β-unsaturated/α-hetero) is 1. The second-order valence-electron chi connectivity index (χ2n) is 9.02. The van der Waals surface area contributed by atoms with Gasteiger partial charge in [0.1, 0.15) is 4.83 Å². The van der Waals surface area contributed by atoms with E-state index in [0.29, 0.717) is 28.4 Å². The lowest BCUT2D eigenvalue weighted by molar-refractivity contribution is 0.0702. The lowest BCUT2D eigenvalue weighted by Crippen LogP contribution is -2.50. The number of amides is 1. The normalized spacial score (nSPS) is 17.1. The van der Waals surface area contributed by atoms with Gasteiger partial charge in [-0.3, -0.25) is 9.59 Å². The fraction of sp³-hybridized carbons (Fsp3) is 0.400. The number of carbonyl (C=O) groups is 2. The molecule has 0 radical (unpaired) electrons. The maximum Gasteiger partial charge on any atom is 0.264 e. The average Bonchev–Trinajstić information content (AvgIpc) is 3.19. The van der Waals surface area contributed by atoms with Gasteiger partial charge in [0.2, 0.25) is 10.0 Å². The van der Waals surface area contributed by atoms with E-state index in [1.54, 1.807) is 23.2 Å². The second-order valence-corrected chi connectivity index (χ2v) is 12.0. The van der Waals surface area contributed by atoms with E-state index in [1.165, 1.54) is 28.1 Å². The van der Waals surface area contributed by atoms with Gasteiger partial charge in [0, 0.05) is 43.3 Å². The van der Waals surface area contributed by atoms with Gasteiger partial charge in [-0.1, -0.05) is 6.07 Å². The third kappa shape index (κ3) is 4.06. The fourth-order valence-corrected chi connectivity index (χ4v) is 7.36. The number of thiophene rings is 1. The van der Waals surface area contributed by atoms with Crippen LogP contribution in [0.4, 0.5) is 0 Å². The highest BCUT2D eigenvalue weighted by molar-refractivity contribution is 7.89. The first-order valence-corrected chi connectivity index (χ1v) is 13.8. The summed E-state index contributed by atoms with van der Waals surface area (Å²) < 4.78 is 28.0. The van der Waals surface area contributed by atoms with Crippen LogP contribution in [0.5, 0.6) is 0 Å². The Bertz CT molecular complexity index is 1400. The summed E-state index contributed by atoms with van der Waals surface area (Å²) in [5.74, 6) is -0.181. The van der Waals surface area contributed by atoms with E-state index < -0.39 is 10.0 Å². The van der Waals surface area contributed by atoms with E-state index in [9.17, 15) is 18.0 Å². The van der Waals surface area contributed by atoms with Crippen molar-refractivity contribution in [2.45, 2.75) is 44.4 Å². The summed E-state index contributed by atoms with van der Waals surface area (Å²) in [5.41, 5.74) is 3.73. The van der Waals surface area contributed by atoms with Crippen molar-refractivity contribution in [2.24, 2.45) is 0 Å². The van der Waals surface area contributed by atoms with Gasteiger partial charge in [0.25, 0.3) is 5.91 Å². The molecule has 0 bridgehead atoms. The Hall–Kier alpha value is -2.62. The third-order valence-electron chi connectivity index (χ3n) is 6.88. The molecular weight excluding hydrogens is 470 g/mol. The van der Waals surface area contributed by atoms with Crippen LogP contribution in [-0.4, -0.2) is 60.5 Å². The molecule has 1 amide bonds. The van der Waals surface area contributed by atoms with Gasteiger partial charge in [-0.05, 0) is 74.4 Å². The molecule has 1 aromatic carbocycles. The van der Waals surface area contributed by atoms with E-state index in [0.717, 1.165) is 47.0 Å². The molecule has 0 atom stereocenters. The fourth-order valence-electron chi connectivity index (χ4n) is 4.79. The first-order chi connectivity index (χ1) is 16.3. The molecule has 0 unspecified atom stereocenters. The minimum absolute atomic E-state index is 0.0656. The summed E-state index contributed by atoms with van der Waals surface area (Å²) in [6, 6.07) is 7.30. The lowest BCUT2D eigenvalue weighted by Gasteiger charge is -2.34. The number of carbonyl (C=O) groups excluding carboxylic acids is 2. The molecule has 9 heteroatoms. The predicted molar refractivity (Wildman–Crippen MR) is 132 cm³/mol. The zero-order valence-corrected chi connectivity index (χ0v) is 21.0. The van der Waals surface area contributed by atoms with Crippen molar-refractivity contribution in [1.29, 1.82) is 0 Å². The number of sulfonamides is 1. The number of hydrogen-bond acceptors (Lipinski definition) is 6. The van der Waals surface area contributed by atoms with E-state index in [1.807, 2.05) is 19.1 Å². The van der Waals surface area contributed by atoms with Crippen LogP contribution in [0.15, 0.2) is 35.4 Å². The molecule has 7 nitrogen and oxygen atoms in total. The van der Waals surface area contributed by atoms with Crippen LogP contribution < -0.4 is 0 Å². The monoisotopic (exact) mass is 497 g/mol. The number of aryl methyl sites for hydroxylation is 3. The highest BCUT2D eigenvalue weighted by atomic mass is 32.2. The molecule has 1 aliphatic heterocycles. The maximum atomic E-state index is 13.3. The number of aromatic nitrogens is 1. The molecule has 0 spiro atoms. The van der Waals surface area contributed by atoms with Crippen molar-refractivity contribution >= 4 is 43.3 Å². The number of piperazine rings is 1. The number of pyridine rings is 1. The molecule has 3 aromatic rings. The number of benzene rings is 1. The maximum absolute atomic E-state index is 13.3. The summed E-state index contributed by atoms with van der Waals surface area (Å²) in [7, 11) is -3.59. The van der Waals surface area contributed by atoms with Crippen LogP contribution in [0.25, 0.3) is 10.2 Å². The molecule has 1 aliphatic carbocycles. The number of rotatable bonds is 4. The van der Waals surface area contributed by atoms with Gasteiger partial charge >= 0.3 is 0 Å². The Morgan fingerprint density at radius 2 is 1.71 bits per heavy atom. The first kappa shape index (κ1) is 23.1. The van der Waals surface area contributed by atoms with Gasteiger partial charge in [0.05, 0.1) is 9.77 Å². The topological polar surface area (TPSA) is 87.7 Å². The summed E-state index contributed by atoms with van der Waals surface area (Å²) >= 11 is 1.32.